The van der Waals surface area contributed by atoms with Crippen molar-refractivity contribution >= 4 is 56.5 Å². The lowest BCUT2D eigenvalue weighted by atomic mass is 10.2. The maximum absolute atomic E-state index is 12.3. The van der Waals surface area contributed by atoms with E-state index in [0.717, 1.165) is 11.3 Å². The summed E-state index contributed by atoms with van der Waals surface area (Å²) in [4.78, 5) is 28.4. The number of halogens is 1. The number of carbonyl (C=O) groups is 2. The van der Waals surface area contributed by atoms with Crippen LogP contribution in [0.15, 0.2) is 56.8 Å². The fourth-order valence-electron chi connectivity index (χ4n) is 2.33. The van der Waals surface area contributed by atoms with Crippen molar-refractivity contribution in [1.29, 1.82) is 0 Å². The monoisotopic (exact) mass is 476 g/mol. The minimum absolute atomic E-state index is 0.182. The zero-order valence-corrected chi connectivity index (χ0v) is 18.0. The summed E-state index contributed by atoms with van der Waals surface area (Å²) in [5.74, 6) is 0.556. The van der Waals surface area contributed by atoms with Crippen LogP contribution in [0.1, 0.15) is 5.56 Å². The van der Waals surface area contributed by atoms with Crippen LogP contribution in [0.4, 0.5) is 5.69 Å². The number of nitrogens with one attached hydrogen (secondary N) is 1. The predicted octanol–water partition coefficient (Wildman–Crippen LogP) is 3.90. The number of amides is 1. The molecule has 0 saturated carbocycles. The molecule has 0 atom stereocenters. The molecule has 1 fully saturated rings. The van der Waals surface area contributed by atoms with E-state index in [2.05, 4.69) is 31.0 Å². The Bertz CT molecular complexity index is 989. The second-order valence-electron chi connectivity index (χ2n) is 5.73. The van der Waals surface area contributed by atoms with E-state index in [1.165, 1.54) is 18.9 Å². The van der Waals surface area contributed by atoms with Gasteiger partial charge >= 0.3 is 5.97 Å². The van der Waals surface area contributed by atoms with Gasteiger partial charge in [0.25, 0.3) is 5.91 Å². The number of ether oxygens (including phenoxy) is 3. The Hall–Kier alpha value is -2.78. The third-order valence-corrected chi connectivity index (χ3v) is 5.31. The predicted molar refractivity (Wildman–Crippen MR) is 115 cm³/mol. The molecule has 1 aliphatic rings. The van der Waals surface area contributed by atoms with E-state index in [9.17, 15) is 9.59 Å². The number of thioether (sulfide) groups is 1. The summed E-state index contributed by atoms with van der Waals surface area (Å²) in [7, 11) is 2.90. The van der Waals surface area contributed by atoms with Gasteiger partial charge in [0.2, 0.25) is 0 Å². The Balaban J connectivity index is 1.71. The molecule has 150 valence electrons. The number of amidine groups is 1. The number of carbonyl (C=O) groups excluding carboxylic acids is 2. The van der Waals surface area contributed by atoms with Gasteiger partial charge in [-0.05, 0) is 75.7 Å². The second-order valence-corrected chi connectivity index (χ2v) is 7.62. The van der Waals surface area contributed by atoms with Crippen LogP contribution >= 0.6 is 27.7 Å². The molecule has 1 heterocycles. The van der Waals surface area contributed by atoms with Crippen molar-refractivity contribution in [3.63, 3.8) is 0 Å². The quantitative estimate of drug-likeness (QED) is 0.502. The summed E-state index contributed by atoms with van der Waals surface area (Å²) in [5, 5.41) is 3.26. The Morgan fingerprint density at radius 1 is 1.21 bits per heavy atom. The van der Waals surface area contributed by atoms with Crippen molar-refractivity contribution < 1.29 is 23.8 Å². The van der Waals surface area contributed by atoms with Crippen LogP contribution in [0.5, 0.6) is 11.5 Å². The molecule has 2 aromatic rings. The maximum Gasteiger partial charge on any atom is 0.343 e. The average Bonchev–Trinajstić information content (AvgIpc) is 3.06. The van der Waals surface area contributed by atoms with Crippen LogP contribution in [0.25, 0.3) is 6.08 Å². The Morgan fingerprint density at radius 3 is 2.62 bits per heavy atom. The van der Waals surface area contributed by atoms with Crippen LogP contribution in [-0.2, 0) is 14.3 Å². The number of nitrogens with zero attached hydrogens (tertiary/aromatic N) is 1. The smallest absolute Gasteiger partial charge is 0.343 e. The van der Waals surface area contributed by atoms with Gasteiger partial charge < -0.3 is 19.5 Å². The summed E-state index contributed by atoms with van der Waals surface area (Å²) in [6.07, 6.45) is 1.76. The Kier molecular flexibility index (Phi) is 6.95. The summed E-state index contributed by atoms with van der Waals surface area (Å²) in [5.41, 5.74) is 1.51. The molecule has 3 rings (SSSR count). The van der Waals surface area contributed by atoms with Crippen LogP contribution in [0.3, 0.4) is 0 Å². The molecule has 0 spiro atoms. The number of aliphatic imine (C=N–C) groups is 1. The van der Waals surface area contributed by atoms with Gasteiger partial charge in [-0.15, -0.1) is 0 Å². The highest BCUT2D eigenvalue weighted by atomic mass is 79.9. The van der Waals surface area contributed by atoms with Crippen LogP contribution < -0.4 is 14.8 Å². The molecule has 1 aliphatic heterocycles. The minimum atomic E-state index is -0.467. The summed E-state index contributed by atoms with van der Waals surface area (Å²) < 4.78 is 15.7. The molecular formula is C20H17BrN2O5S. The van der Waals surface area contributed by atoms with E-state index >= 15 is 0 Å². The first-order chi connectivity index (χ1) is 14.0. The molecule has 9 heteroatoms. The topological polar surface area (TPSA) is 86.2 Å². The first kappa shape index (κ1) is 20.9. The summed E-state index contributed by atoms with van der Waals surface area (Å²) in [6.45, 7) is -0.182. The van der Waals surface area contributed by atoms with E-state index in [4.69, 9.17) is 9.47 Å². The average molecular weight is 477 g/mol. The Morgan fingerprint density at radius 2 is 1.97 bits per heavy atom. The van der Waals surface area contributed by atoms with Gasteiger partial charge in [0.05, 0.1) is 29.3 Å². The second kappa shape index (κ2) is 9.62. The van der Waals surface area contributed by atoms with Gasteiger partial charge in [-0.25, -0.2) is 9.79 Å². The lowest BCUT2D eigenvalue weighted by Gasteiger charge is -2.07. The number of rotatable bonds is 6. The van der Waals surface area contributed by atoms with Gasteiger partial charge in [0, 0.05) is 0 Å². The van der Waals surface area contributed by atoms with E-state index < -0.39 is 5.97 Å². The highest BCUT2D eigenvalue weighted by molar-refractivity contribution is 9.10. The molecule has 0 radical (unpaired) electrons. The lowest BCUT2D eigenvalue weighted by molar-refractivity contribution is -0.142. The lowest BCUT2D eigenvalue weighted by Crippen LogP contribution is -2.19. The van der Waals surface area contributed by atoms with E-state index in [0.29, 0.717) is 26.0 Å². The van der Waals surface area contributed by atoms with Crippen LogP contribution in [0.2, 0.25) is 0 Å². The summed E-state index contributed by atoms with van der Waals surface area (Å²) >= 11 is 4.66. The van der Waals surface area contributed by atoms with Crippen molar-refractivity contribution in [3.8, 4) is 11.5 Å². The molecule has 1 amide bonds. The van der Waals surface area contributed by atoms with Gasteiger partial charge in [-0.2, -0.15) is 0 Å². The fourth-order valence-corrected chi connectivity index (χ4v) is 3.68. The number of hydrogen-bond acceptors (Lipinski definition) is 7. The van der Waals surface area contributed by atoms with Gasteiger partial charge in [-0.3, -0.25) is 4.79 Å². The minimum Gasteiger partial charge on any atom is -0.497 e. The molecular weight excluding hydrogens is 460 g/mol. The number of methoxy groups -OCH3 is 2. The molecule has 0 aliphatic carbocycles. The van der Waals surface area contributed by atoms with Gasteiger partial charge in [0.1, 0.15) is 11.5 Å². The first-order valence-corrected chi connectivity index (χ1v) is 10.0. The number of benzene rings is 2. The Labute approximate surface area is 180 Å². The third-order valence-electron chi connectivity index (χ3n) is 3.78. The molecule has 29 heavy (non-hydrogen) atoms. The van der Waals surface area contributed by atoms with Gasteiger partial charge in [0.15, 0.2) is 11.8 Å². The molecule has 0 aromatic heterocycles. The fraction of sp³-hybridized carbons (Fsp3) is 0.150. The SMILES string of the molecule is COC(=O)COc1ccc(/C=C2/SC(=Nc3ccc(OC)cc3)NC2=O)cc1Br. The molecule has 1 saturated heterocycles. The normalized spacial score (nSPS) is 16.0. The molecule has 2 aromatic carbocycles. The molecule has 1 N–H and O–H groups in total. The zero-order chi connectivity index (χ0) is 20.8. The number of esters is 1. The van der Waals surface area contributed by atoms with Crippen LogP contribution in [-0.4, -0.2) is 37.9 Å². The van der Waals surface area contributed by atoms with Crippen LogP contribution in [0, 0.1) is 0 Å². The maximum atomic E-state index is 12.3. The number of hydrogen-bond donors (Lipinski definition) is 1. The van der Waals surface area contributed by atoms with Crippen molar-refractivity contribution in [3.05, 3.63) is 57.4 Å². The van der Waals surface area contributed by atoms with Crippen molar-refractivity contribution in [1.82, 2.24) is 5.32 Å². The highest BCUT2D eigenvalue weighted by Gasteiger charge is 2.24. The largest absolute Gasteiger partial charge is 0.497 e. The third kappa shape index (κ3) is 5.61. The highest BCUT2D eigenvalue weighted by Crippen LogP contribution is 2.31. The van der Waals surface area contributed by atoms with E-state index in [1.54, 1.807) is 43.5 Å². The molecule has 0 unspecified atom stereocenters. The molecule has 7 nitrogen and oxygen atoms in total. The zero-order valence-electron chi connectivity index (χ0n) is 15.6. The van der Waals surface area contributed by atoms with E-state index in [1.807, 2.05) is 12.1 Å². The first-order valence-electron chi connectivity index (χ1n) is 8.41. The molecule has 0 bridgehead atoms. The standard InChI is InChI=1S/C20H17BrN2O5S/c1-26-14-6-4-13(5-7-14)22-20-23-19(25)17(29-20)10-12-3-8-16(15(21)9-12)28-11-18(24)27-2/h3-10H,11H2,1-2H3,(H,22,23,25)/b17-10+. The van der Waals surface area contributed by atoms with Crippen molar-refractivity contribution in [2.45, 2.75) is 0 Å². The van der Waals surface area contributed by atoms with Crippen molar-refractivity contribution in [2.75, 3.05) is 20.8 Å². The van der Waals surface area contributed by atoms with E-state index in [-0.39, 0.29) is 12.5 Å². The van der Waals surface area contributed by atoms with Crippen molar-refractivity contribution in [2.24, 2.45) is 4.99 Å². The van der Waals surface area contributed by atoms with Gasteiger partial charge in [-0.1, -0.05) is 6.07 Å². The summed E-state index contributed by atoms with van der Waals surface area (Å²) in [6, 6.07) is 12.5.